The van der Waals surface area contributed by atoms with E-state index in [-0.39, 0.29) is 30.7 Å². The molecule has 1 aromatic rings. The van der Waals surface area contributed by atoms with Gasteiger partial charge < -0.3 is 21.5 Å². The third-order valence-electron chi connectivity index (χ3n) is 2.96. The molecule has 0 aromatic carbocycles. The van der Waals surface area contributed by atoms with Crippen LogP contribution in [0.15, 0.2) is 6.07 Å². The maximum Gasteiger partial charge on any atom is 0.326 e. The number of nitrogens with one attached hydrogen (secondary N) is 2. The first-order valence-corrected chi connectivity index (χ1v) is 7.78. The molecule has 8 nitrogen and oxygen atoms in total. The fraction of sp³-hybridized carbons (Fsp3) is 0.429. The molecule has 0 radical (unpaired) electrons. The van der Waals surface area contributed by atoms with Gasteiger partial charge in [-0.2, -0.15) is 0 Å². The predicted octanol–water partition coefficient (Wildman–Crippen LogP) is 0.854. The Balaban J connectivity index is 2.88. The van der Waals surface area contributed by atoms with Gasteiger partial charge in [-0.25, -0.2) is 4.79 Å². The highest BCUT2D eigenvalue weighted by Crippen LogP contribution is 2.27. The molecule has 0 aliphatic carbocycles. The third-order valence-corrected chi connectivity index (χ3v) is 3.92. The normalized spacial score (nSPS) is 11.6. The number of nitrogens with two attached hydrogens (primary N) is 1. The van der Waals surface area contributed by atoms with Crippen LogP contribution in [0.4, 0.5) is 5.00 Å². The summed E-state index contributed by atoms with van der Waals surface area (Å²) in [5.41, 5.74) is 5.18. The summed E-state index contributed by atoms with van der Waals surface area (Å²) in [5, 5.41) is 14.4. The van der Waals surface area contributed by atoms with Gasteiger partial charge in [-0.05, 0) is 19.4 Å². The number of carboxylic acid groups (broad SMARTS) is 1. The number of anilines is 1. The van der Waals surface area contributed by atoms with Crippen molar-refractivity contribution >= 4 is 40.0 Å². The van der Waals surface area contributed by atoms with Gasteiger partial charge in [-0.15, -0.1) is 11.3 Å². The summed E-state index contributed by atoms with van der Waals surface area (Å²) in [5.74, 6) is -2.78. The van der Waals surface area contributed by atoms with Crippen molar-refractivity contribution < 1.29 is 24.3 Å². The molecule has 1 unspecified atom stereocenters. The lowest BCUT2D eigenvalue weighted by Gasteiger charge is -2.14. The Morgan fingerprint density at radius 3 is 2.52 bits per heavy atom. The van der Waals surface area contributed by atoms with Crippen molar-refractivity contribution in [3.8, 4) is 0 Å². The highest BCUT2D eigenvalue weighted by molar-refractivity contribution is 7.16. The molecule has 0 fully saturated rings. The van der Waals surface area contributed by atoms with Crippen molar-refractivity contribution in [1.29, 1.82) is 0 Å². The molecule has 5 N–H and O–H groups in total. The molecule has 0 saturated carbocycles. The van der Waals surface area contributed by atoms with E-state index in [1.807, 2.05) is 0 Å². The summed E-state index contributed by atoms with van der Waals surface area (Å²) in [6, 6.07) is 0.336. The van der Waals surface area contributed by atoms with E-state index in [1.54, 1.807) is 19.9 Å². The van der Waals surface area contributed by atoms with E-state index in [0.717, 1.165) is 4.88 Å². The molecule has 1 aromatic heterocycles. The number of rotatable bonds is 8. The zero-order valence-electron chi connectivity index (χ0n) is 12.8. The number of carboxylic acids is 1. The second-order valence-electron chi connectivity index (χ2n) is 4.87. The molecule has 126 valence electrons. The second kappa shape index (κ2) is 8.28. The molecular weight excluding hydrogens is 322 g/mol. The number of aliphatic carboxylic acids is 1. The van der Waals surface area contributed by atoms with Crippen LogP contribution < -0.4 is 16.4 Å². The van der Waals surface area contributed by atoms with Gasteiger partial charge in [-0.3, -0.25) is 14.4 Å². The summed E-state index contributed by atoms with van der Waals surface area (Å²) < 4.78 is 0. The molecule has 0 bridgehead atoms. The van der Waals surface area contributed by atoms with Crippen LogP contribution in [0.25, 0.3) is 0 Å². The SMILES string of the molecule is CCC(=O)Nc1sc(C)cc1C(=O)NC(CCC(N)=O)C(=O)O. The van der Waals surface area contributed by atoms with Crippen molar-refractivity contribution in [1.82, 2.24) is 5.32 Å². The maximum absolute atomic E-state index is 12.3. The first-order valence-electron chi connectivity index (χ1n) is 6.96. The Morgan fingerprint density at radius 1 is 1.35 bits per heavy atom. The van der Waals surface area contributed by atoms with Crippen molar-refractivity contribution in [3.63, 3.8) is 0 Å². The van der Waals surface area contributed by atoms with E-state index >= 15 is 0 Å². The number of aryl methyl sites for hydroxylation is 1. The van der Waals surface area contributed by atoms with Gasteiger partial charge in [0.15, 0.2) is 0 Å². The van der Waals surface area contributed by atoms with Crippen LogP contribution in [0.1, 0.15) is 41.4 Å². The number of carbonyl (C=O) groups is 4. The minimum atomic E-state index is -1.26. The van der Waals surface area contributed by atoms with Crippen molar-refractivity contribution in [2.24, 2.45) is 5.73 Å². The smallest absolute Gasteiger partial charge is 0.326 e. The zero-order valence-corrected chi connectivity index (χ0v) is 13.7. The van der Waals surface area contributed by atoms with Crippen molar-refractivity contribution in [2.45, 2.75) is 39.2 Å². The number of hydrogen-bond donors (Lipinski definition) is 4. The summed E-state index contributed by atoms with van der Waals surface area (Å²) in [6.07, 6.45) is 0.00386. The average molecular weight is 341 g/mol. The van der Waals surface area contributed by atoms with E-state index in [2.05, 4.69) is 10.6 Å². The minimum absolute atomic E-state index is 0.101. The summed E-state index contributed by atoms with van der Waals surface area (Å²) in [4.78, 5) is 46.5. The van der Waals surface area contributed by atoms with E-state index < -0.39 is 23.8 Å². The third kappa shape index (κ3) is 5.70. The zero-order chi connectivity index (χ0) is 17.6. The quantitative estimate of drug-likeness (QED) is 0.555. The van der Waals surface area contributed by atoms with Crippen LogP contribution in [-0.2, 0) is 14.4 Å². The Morgan fingerprint density at radius 2 is 2.00 bits per heavy atom. The molecule has 0 aliphatic heterocycles. The van der Waals surface area contributed by atoms with Crippen LogP contribution in [0.3, 0.4) is 0 Å². The number of amides is 3. The van der Waals surface area contributed by atoms with E-state index in [0.29, 0.717) is 5.00 Å². The first kappa shape index (κ1) is 18.6. The monoisotopic (exact) mass is 341 g/mol. The van der Waals surface area contributed by atoms with Crippen LogP contribution in [-0.4, -0.2) is 34.8 Å². The van der Waals surface area contributed by atoms with Crippen LogP contribution in [0.5, 0.6) is 0 Å². The average Bonchev–Trinajstić information content (AvgIpc) is 2.83. The summed E-state index contributed by atoms with van der Waals surface area (Å²) in [6.45, 7) is 3.45. The molecule has 23 heavy (non-hydrogen) atoms. The molecule has 0 aliphatic rings. The molecular formula is C14H19N3O5S. The van der Waals surface area contributed by atoms with Crippen LogP contribution >= 0.6 is 11.3 Å². The lowest BCUT2D eigenvalue weighted by atomic mass is 10.1. The highest BCUT2D eigenvalue weighted by Gasteiger charge is 2.24. The van der Waals surface area contributed by atoms with Gasteiger partial charge in [0, 0.05) is 17.7 Å². The second-order valence-corrected chi connectivity index (χ2v) is 6.13. The number of thiophene rings is 1. The fourth-order valence-corrected chi connectivity index (χ4v) is 2.70. The summed E-state index contributed by atoms with van der Waals surface area (Å²) >= 11 is 1.23. The topological polar surface area (TPSA) is 139 Å². The number of primary amides is 1. The lowest BCUT2D eigenvalue weighted by molar-refractivity contribution is -0.139. The maximum atomic E-state index is 12.3. The fourth-order valence-electron chi connectivity index (χ4n) is 1.77. The number of hydrogen-bond acceptors (Lipinski definition) is 5. The lowest BCUT2D eigenvalue weighted by Crippen LogP contribution is -2.41. The largest absolute Gasteiger partial charge is 0.480 e. The van der Waals surface area contributed by atoms with Gasteiger partial charge in [-0.1, -0.05) is 6.92 Å². The molecule has 9 heteroatoms. The van der Waals surface area contributed by atoms with E-state index in [1.165, 1.54) is 11.3 Å². The molecule has 1 rings (SSSR count). The highest BCUT2D eigenvalue weighted by atomic mass is 32.1. The van der Waals surface area contributed by atoms with Gasteiger partial charge in [0.2, 0.25) is 11.8 Å². The Labute approximate surface area is 137 Å². The Hall–Kier alpha value is -2.42. The first-order chi connectivity index (χ1) is 10.7. The van der Waals surface area contributed by atoms with Gasteiger partial charge in [0.05, 0.1) is 5.56 Å². The van der Waals surface area contributed by atoms with Gasteiger partial charge in [0.25, 0.3) is 5.91 Å². The standard InChI is InChI=1S/C14H19N3O5S/c1-3-11(19)17-13-8(6-7(2)23-13)12(20)16-9(14(21)22)4-5-10(15)18/h6,9H,3-5H2,1-2H3,(H2,15,18)(H,16,20)(H,17,19)(H,21,22). The van der Waals surface area contributed by atoms with Crippen LogP contribution in [0, 0.1) is 6.92 Å². The summed E-state index contributed by atoms with van der Waals surface area (Å²) in [7, 11) is 0. The molecule has 3 amide bonds. The molecule has 0 saturated heterocycles. The van der Waals surface area contributed by atoms with E-state index in [9.17, 15) is 19.2 Å². The van der Waals surface area contributed by atoms with Crippen LogP contribution in [0.2, 0.25) is 0 Å². The van der Waals surface area contributed by atoms with Gasteiger partial charge >= 0.3 is 5.97 Å². The van der Waals surface area contributed by atoms with Crippen molar-refractivity contribution in [2.75, 3.05) is 5.32 Å². The molecule has 0 spiro atoms. The van der Waals surface area contributed by atoms with E-state index in [4.69, 9.17) is 10.8 Å². The molecule has 1 heterocycles. The Bertz CT molecular complexity index is 626. The van der Waals surface area contributed by atoms with Gasteiger partial charge in [0.1, 0.15) is 11.0 Å². The van der Waals surface area contributed by atoms with Crippen molar-refractivity contribution in [3.05, 3.63) is 16.5 Å². The Kier molecular flexibility index (Phi) is 6.70. The predicted molar refractivity (Wildman–Crippen MR) is 85.3 cm³/mol. The number of carbonyl (C=O) groups excluding carboxylic acids is 3. The molecule has 1 atom stereocenters. The minimum Gasteiger partial charge on any atom is -0.480 e.